The summed E-state index contributed by atoms with van der Waals surface area (Å²) >= 11 is 0. The summed E-state index contributed by atoms with van der Waals surface area (Å²) in [5, 5.41) is 61.8. The van der Waals surface area contributed by atoms with E-state index >= 15 is 0 Å². The lowest BCUT2D eigenvalue weighted by molar-refractivity contribution is -0.383. The van der Waals surface area contributed by atoms with Crippen LogP contribution >= 0.6 is 0 Å². The molecule has 0 aliphatic rings. The lowest BCUT2D eigenvalue weighted by Crippen LogP contribution is -2.41. The molecule has 400 valence electrons. The van der Waals surface area contributed by atoms with Gasteiger partial charge in [-0.1, -0.05) is 61.3 Å². The molecular weight excluding hydrogens is 947 g/mol. The number of aromatic nitrogens is 6. The Morgan fingerprint density at radius 1 is 0.611 bits per heavy atom. The van der Waals surface area contributed by atoms with Crippen molar-refractivity contribution in [2.45, 2.75) is 101 Å². The average molecular weight is 1020 g/mol. The smallest absolute Gasteiger partial charge is 0.300 e. The largest absolute Gasteiger partial charge is 0.386 e. The van der Waals surface area contributed by atoms with E-state index in [4.69, 9.17) is 24.7 Å². The van der Waals surface area contributed by atoms with Gasteiger partial charge < -0.3 is 40.7 Å². The van der Waals surface area contributed by atoms with E-state index in [9.17, 15) is 35.1 Å². The second-order valence-electron chi connectivity index (χ2n) is 14.7. The number of nitrogens with two attached hydrogens (primary N) is 1. The standard InChI is InChI=1S/C16H33NO4.C8H8N4O3.2C7H6N4O3.C3H8.C2H4O.C2H6/c1-4-7-10-21-14-16(11-15(17)18,12-19-8-5-2)13-20-9-6-3;1-2-9-5-3-4-6(12(13)14)8-7(5)10-15-11-8;2*1-8-4-2-3-5(11(12)13)7-6(4)9-14-10-7;1-3-2;1-2-3;1-2/h4-14H2,1-3H3,(H2,17,18);3-4,9H,2H2,1H3;2*2-3,8H,1H3;3H2,1-2H3;2H,1H3;1-2H3. The van der Waals surface area contributed by atoms with Crippen molar-refractivity contribution in [1.82, 2.24) is 30.9 Å². The van der Waals surface area contributed by atoms with Crippen molar-refractivity contribution in [3.63, 3.8) is 0 Å². The summed E-state index contributed by atoms with van der Waals surface area (Å²) in [6, 6.07) is 8.81. The Kier molecular flexibility index (Phi) is 33.4. The first-order valence-corrected chi connectivity index (χ1v) is 23.3. The van der Waals surface area contributed by atoms with Crippen molar-refractivity contribution < 1.29 is 52.5 Å². The number of benzene rings is 3. The van der Waals surface area contributed by atoms with Gasteiger partial charge in [-0.05, 0) is 82.2 Å². The van der Waals surface area contributed by atoms with E-state index in [-0.39, 0.29) is 45.9 Å². The minimum Gasteiger partial charge on any atom is -0.386 e. The van der Waals surface area contributed by atoms with Gasteiger partial charge in [0.25, 0.3) is 0 Å². The molecule has 0 aliphatic carbocycles. The first-order valence-electron chi connectivity index (χ1n) is 23.3. The van der Waals surface area contributed by atoms with E-state index in [2.05, 4.69) is 95.4 Å². The van der Waals surface area contributed by atoms with Crippen LogP contribution in [0.25, 0.3) is 33.1 Å². The second kappa shape index (κ2) is 37.3. The fourth-order valence-corrected chi connectivity index (χ4v) is 5.79. The molecule has 3 heterocycles. The number of rotatable bonds is 22. The van der Waals surface area contributed by atoms with Gasteiger partial charge >= 0.3 is 17.1 Å². The zero-order valence-corrected chi connectivity index (χ0v) is 43.1. The molecule has 1 amide bonds. The van der Waals surface area contributed by atoms with Gasteiger partial charge in [-0.2, -0.15) is 0 Å². The maximum Gasteiger partial charge on any atom is 0.300 e. The van der Waals surface area contributed by atoms with Crippen LogP contribution in [0, 0.1) is 35.8 Å². The number of nitrogens with zero attached hydrogens (tertiary/aromatic N) is 9. The number of unbranched alkanes of at least 4 members (excludes halogenated alkanes) is 1. The van der Waals surface area contributed by atoms with Crippen molar-refractivity contribution in [2.24, 2.45) is 11.1 Å². The van der Waals surface area contributed by atoms with Crippen molar-refractivity contribution in [1.29, 1.82) is 0 Å². The normalized spacial score (nSPS) is 10.2. The van der Waals surface area contributed by atoms with Gasteiger partial charge in [-0.15, -0.1) is 0 Å². The third kappa shape index (κ3) is 21.6. The second-order valence-corrected chi connectivity index (χ2v) is 14.7. The number of ether oxygens (including phenoxy) is 3. The van der Waals surface area contributed by atoms with E-state index in [1.54, 1.807) is 32.3 Å². The van der Waals surface area contributed by atoms with Crippen LogP contribution in [0.5, 0.6) is 0 Å². The van der Waals surface area contributed by atoms with Gasteiger partial charge in [0, 0.05) is 70.5 Å². The maximum absolute atomic E-state index is 11.4. The van der Waals surface area contributed by atoms with Crippen LogP contribution in [-0.2, 0) is 23.8 Å². The Morgan fingerprint density at radius 3 is 1.22 bits per heavy atom. The van der Waals surface area contributed by atoms with Crippen LogP contribution in [0.15, 0.2) is 50.3 Å². The number of fused-ring (bicyclic) bond motifs is 3. The van der Waals surface area contributed by atoms with E-state index < -0.39 is 20.2 Å². The zero-order chi connectivity index (χ0) is 54.5. The van der Waals surface area contributed by atoms with Crippen LogP contribution in [0.1, 0.15) is 101 Å². The number of nitro groups is 3. The summed E-state index contributed by atoms with van der Waals surface area (Å²) in [5.41, 5.74) is 8.17. The molecule has 0 spiro atoms. The van der Waals surface area contributed by atoms with Crippen molar-refractivity contribution in [2.75, 3.05) is 76.2 Å². The number of hydrogen-bond donors (Lipinski definition) is 4. The molecule has 6 rings (SSSR count). The zero-order valence-electron chi connectivity index (χ0n) is 43.1. The van der Waals surface area contributed by atoms with Crippen LogP contribution in [0.3, 0.4) is 0 Å². The van der Waals surface area contributed by atoms with Gasteiger partial charge in [-0.3, -0.25) is 35.1 Å². The highest BCUT2D eigenvalue weighted by Gasteiger charge is 2.34. The minimum atomic E-state index is -0.522. The highest BCUT2D eigenvalue weighted by atomic mass is 16.6. The highest BCUT2D eigenvalue weighted by Crippen LogP contribution is 2.30. The SMILES string of the molecule is CC.CC=O.CCC.CCCCOCC(COCCC)(COCCC)CC(N)=O.CCNc1ccc([N+](=O)[O-])c2nonc12.CNc1ccc([N+](=O)[O-])c2nonc12.CNc1ccc([N+](=O)[O-])c2nonc12. The van der Waals surface area contributed by atoms with Crippen molar-refractivity contribution in [3.05, 3.63) is 66.7 Å². The average Bonchev–Trinajstić information content (AvgIpc) is 4.17. The molecule has 0 aliphatic heterocycles. The molecule has 27 nitrogen and oxygen atoms in total. The number of anilines is 3. The molecule has 0 saturated heterocycles. The lowest BCUT2D eigenvalue weighted by Gasteiger charge is -2.32. The van der Waals surface area contributed by atoms with E-state index in [0.29, 0.717) is 79.8 Å². The Labute approximate surface area is 417 Å². The van der Waals surface area contributed by atoms with Gasteiger partial charge in [0.05, 0.1) is 51.7 Å². The number of nitrogens with one attached hydrogen (secondary N) is 3. The van der Waals surface area contributed by atoms with Gasteiger partial charge in [-0.25, -0.2) is 13.9 Å². The molecule has 6 aromatic rings. The molecule has 0 radical (unpaired) electrons. The number of carbonyl (C=O) groups excluding carboxylic acids is 2. The van der Waals surface area contributed by atoms with Gasteiger partial charge in [0.15, 0.2) is 16.6 Å². The molecule has 0 atom stereocenters. The Balaban J connectivity index is 0.000000896. The number of hydrogen-bond acceptors (Lipinski definition) is 23. The summed E-state index contributed by atoms with van der Waals surface area (Å²) in [5.74, 6) is -0.339. The van der Waals surface area contributed by atoms with E-state index in [0.717, 1.165) is 32.0 Å². The third-order valence-electron chi connectivity index (χ3n) is 8.79. The summed E-state index contributed by atoms with van der Waals surface area (Å²) in [6.45, 7) is 21.9. The summed E-state index contributed by atoms with van der Waals surface area (Å²) < 4.78 is 30.5. The number of carbonyl (C=O) groups is 2. The third-order valence-corrected chi connectivity index (χ3v) is 8.79. The van der Waals surface area contributed by atoms with E-state index in [1.807, 2.05) is 20.8 Å². The molecule has 0 bridgehead atoms. The fourth-order valence-electron chi connectivity index (χ4n) is 5.79. The summed E-state index contributed by atoms with van der Waals surface area (Å²) in [4.78, 5) is 50.5. The lowest BCUT2D eigenvalue weighted by atomic mass is 9.86. The Morgan fingerprint density at radius 2 is 0.931 bits per heavy atom. The number of amides is 1. The quantitative estimate of drug-likeness (QED) is 0.0213. The van der Waals surface area contributed by atoms with Crippen LogP contribution in [0.2, 0.25) is 0 Å². The fraction of sp³-hybridized carbons (Fsp3) is 0.556. The maximum atomic E-state index is 11.4. The predicted molar refractivity (Wildman–Crippen MR) is 272 cm³/mol. The molecule has 5 N–H and O–H groups in total. The molecule has 0 saturated carbocycles. The summed E-state index contributed by atoms with van der Waals surface area (Å²) in [7, 11) is 3.38. The molecule has 72 heavy (non-hydrogen) atoms. The van der Waals surface area contributed by atoms with Gasteiger partial charge in [0.1, 0.15) is 6.29 Å². The van der Waals surface area contributed by atoms with Crippen LogP contribution in [-0.4, -0.2) is 118 Å². The van der Waals surface area contributed by atoms with Crippen LogP contribution in [0.4, 0.5) is 34.1 Å². The molecule has 3 aromatic heterocycles. The minimum absolute atomic E-state index is 0.104. The van der Waals surface area contributed by atoms with Crippen molar-refractivity contribution >= 4 is 79.4 Å². The Bertz CT molecular complexity index is 2380. The van der Waals surface area contributed by atoms with Crippen LogP contribution < -0.4 is 21.7 Å². The molecule has 27 heteroatoms. The summed E-state index contributed by atoms with van der Waals surface area (Å²) in [6.07, 6.45) is 6.21. The van der Waals surface area contributed by atoms with Crippen molar-refractivity contribution in [3.8, 4) is 0 Å². The Hall–Kier alpha value is -7.52. The number of aldehydes is 1. The monoisotopic (exact) mass is 1020 g/mol. The number of non-ortho nitro benzene ring substituents is 3. The molecule has 0 unspecified atom stereocenters. The number of primary amides is 1. The first-order chi connectivity index (χ1) is 34.6. The first kappa shape index (κ1) is 64.5. The predicted octanol–water partition coefficient (Wildman–Crippen LogP) is 9.07. The number of nitro benzene ring substituents is 3. The highest BCUT2D eigenvalue weighted by molar-refractivity contribution is 5.94. The van der Waals surface area contributed by atoms with E-state index in [1.165, 1.54) is 31.5 Å². The topological polar surface area (TPSA) is 370 Å². The van der Waals surface area contributed by atoms with Gasteiger partial charge in [0.2, 0.25) is 22.5 Å². The molecule has 3 aromatic carbocycles. The molecular formula is C45H71N13O14. The molecule has 0 fully saturated rings.